The summed E-state index contributed by atoms with van der Waals surface area (Å²) in [6.07, 6.45) is 6.48. The number of thiazole rings is 1. The summed E-state index contributed by atoms with van der Waals surface area (Å²) in [5, 5.41) is 12.8. The van der Waals surface area contributed by atoms with Gasteiger partial charge in [0.15, 0.2) is 5.13 Å². The maximum Gasteiger partial charge on any atom is 0.308 e. The molecule has 0 aliphatic carbocycles. The molecule has 2 N–H and O–H groups in total. The third-order valence-electron chi connectivity index (χ3n) is 2.63. The van der Waals surface area contributed by atoms with Gasteiger partial charge in [-0.05, 0) is 13.3 Å². The number of aromatic nitrogens is 3. The molecule has 0 aliphatic rings. The largest absolute Gasteiger partial charge is 0.481 e. The molecule has 0 atom stereocenters. The minimum Gasteiger partial charge on any atom is -0.481 e. The molecule has 0 unspecified atom stereocenters. The summed E-state index contributed by atoms with van der Waals surface area (Å²) in [7, 11) is 0. The Morgan fingerprint density at radius 2 is 2.42 bits per heavy atom. The number of carbonyl (C=O) groups is 1. The fourth-order valence-electron chi connectivity index (χ4n) is 1.68. The second kappa shape index (κ2) is 6.33. The number of imidazole rings is 1. The maximum atomic E-state index is 10.7. The number of aryl methyl sites for hydroxylation is 2. The Bertz CT molecular complexity index is 536. The van der Waals surface area contributed by atoms with Gasteiger partial charge in [0.25, 0.3) is 0 Å². The van der Waals surface area contributed by atoms with Gasteiger partial charge < -0.3 is 15.0 Å². The zero-order chi connectivity index (χ0) is 13.7. The molecule has 0 saturated carbocycles. The molecule has 0 aromatic carbocycles. The Balaban J connectivity index is 1.78. The van der Waals surface area contributed by atoms with E-state index in [0.29, 0.717) is 0 Å². The number of nitrogens with one attached hydrogen (secondary N) is 1. The van der Waals surface area contributed by atoms with Gasteiger partial charge >= 0.3 is 5.97 Å². The van der Waals surface area contributed by atoms with Crippen molar-refractivity contribution in [3.05, 3.63) is 29.3 Å². The summed E-state index contributed by atoms with van der Waals surface area (Å²) in [4.78, 5) is 19.8. The van der Waals surface area contributed by atoms with Gasteiger partial charge in [0.2, 0.25) is 0 Å². The third kappa shape index (κ3) is 4.06. The Morgan fingerprint density at radius 3 is 3.11 bits per heavy atom. The van der Waals surface area contributed by atoms with Crippen LogP contribution in [0.3, 0.4) is 0 Å². The van der Waals surface area contributed by atoms with Crippen LogP contribution in [0.2, 0.25) is 0 Å². The van der Waals surface area contributed by atoms with E-state index >= 15 is 0 Å². The molecule has 0 bridgehead atoms. The molecule has 0 amide bonds. The first kappa shape index (κ1) is 13.5. The molecule has 2 aromatic rings. The fourth-order valence-corrected chi connectivity index (χ4v) is 2.66. The van der Waals surface area contributed by atoms with E-state index in [0.717, 1.165) is 35.2 Å². The topological polar surface area (TPSA) is 80.0 Å². The maximum absolute atomic E-state index is 10.7. The van der Waals surface area contributed by atoms with Crippen LogP contribution in [0, 0.1) is 6.92 Å². The summed E-state index contributed by atoms with van der Waals surface area (Å²) in [6.45, 7) is 3.54. The van der Waals surface area contributed by atoms with Crippen molar-refractivity contribution in [3.63, 3.8) is 0 Å². The molecule has 7 heteroatoms. The summed E-state index contributed by atoms with van der Waals surface area (Å²) in [5.74, 6) is -0.821. The highest BCUT2D eigenvalue weighted by Crippen LogP contribution is 2.22. The first-order chi connectivity index (χ1) is 9.15. The van der Waals surface area contributed by atoms with Gasteiger partial charge in [-0.25, -0.2) is 9.97 Å². The predicted molar refractivity (Wildman–Crippen MR) is 73.5 cm³/mol. The molecule has 0 radical (unpaired) electrons. The van der Waals surface area contributed by atoms with Crippen molar-refractivity contribution < 1.29 is 9.90 Å². The van der Waals surface area contributed by atoms with Crippen molar-refractivity contribution in [2.75, 3.05) is 11.9 Å². The zero-order valence-electron chi connectivity index (χ0n) is 10.7. The van der Waals surface area contributed by atoms with Crippen molar-refractivity contribution in [2.45, 2.75) is 26.3 Å². The molecule has 2 aromatic heterocycles. The summed E-state index contributed by atoms with van der Waals surface area (Å²) < 4.78 is 2.02. The van der Waals surface area contributed by atoms with Crippen LogP contribution in [0.5, 0.6) is 0 Å². The summed E-state index contributed by atoms with van der Waals surface area (Å²) in [5.41, 5.74) is 0.796. The van der Waals surface area contributed by atoms with Gasteiger partial charge in [0, 0.05) is 30.4 Å². The van der Waals surface area contributed by atoms with Gasteiger partial charge in [-0.3, -0.25) is 4.79 Å². The average Bonchev–Trinajstić information content (AvgIpc) is 2.95. The average molecular weight is 280 g/mol. The van der Waals surface area contributed by atoms with Gasteiger partial charge in [-0.1, -0.05) is 0 Å². The van der Waals surface area contributed by atoms with E-state index in [-0.39, 0.29) is 6.42 Å². The van der Waals surface area contributed by atoms with Gasteiger partial charge in [-0.15, -0.1) is 11.3 Å². The number of nitrogens with zero attached hydrogens (tertiary/aromatic N) is 3. The Kier molecular flexibility index (Phi) is 4.51. The molecule has 0 aliphatic heterocycles. The lowest BCUT2D eigenvalue weighted by molar-refractivity contribution is -0.136. The lowest BCUT2D eigenvalue weighted by Gasteiger charge is -2.03. The van der Waals surface area contributed by atoms with Crippen LogP contribution in [0.1, 0.15) is 17.0 Å². The van der Waals surface area contributed by atoms with E-state index in [1.807, 2.05) is 17.7 Å². The third-order valence-corrected chi connectivity index (χ3v) is 3.75. The van der Waals surface area contributed by atoms with E-state index < -0.39 is 5.97 Å². The number of anilines is 1. The highest BCUT2D eigenvalue weighted by atomic mass is 32.1. The number of rotatable bonds is 7. The summed E-state index contributed by atoms with van der Waals surface area (Å²) in [6, 6.07) is 0. The van der Waals surface area contributed by atoms with E-state index in [9.17, 15) is 4.79 Å². The molecule has 19 heavy (non-hydrogen) atoms. The van der Waals surface area contributed by atoms with E-state index in [4.69, 9.17) is 5.11 Å². The molecule has 6 nitrogen and oxygen atoms in total. The number of carboxylic acids is 1. The van der Waals surface area contributed by atoms with Crippen molar-refractivity contribution in [1.29, 1.82) is 0 Å². The molecule has 2 heterocycles. The van der Waals surface area contributed by atoms with Crippen LogP contribution in [-0.4, -0.2) is 32.2 Å². The van der Waals surface area contributed by atoms with E-state index in [1.54, 1.807) is 12.5 Å². The molecule has 0 fully saturated rings. The number of carboxylic acid groups (broad SMARTS) is 1. The van der Waals surface area contributed by atoms with Crippen LogP contribution < -0.4 is 5.32 Å². The fraction of sp³-hybridized carbons (Fsp3) is 0.417. The molecule has 0 spiro atoms. The molecule has 0 saturated heterocycles. The van der Waals surface area contributed by atoms with Crippen molar-refractivity contribution in [2.24, 2.45) is 0 Å². The minimum atomic E-state index is -0.821. The second-order valence-electron chi connectivity index (χ2n) is 4.18. The number of hydrogen-bond donors (Lipinski definition) is 2. The lowest BCUT2D eigenvalue weighted by Crippen LogP contribution is -2.05. The first-order valence-corrected chi connectivity index (χ1v) is 6.84. The quantitative estimate of drug-likeness (QED) is 0.756. The van der Waals surface area contributed by atoms with Gasteiger partial charge in [-0.2, -0.15) is 0 Å². The van der Waals surface area contributed by atoms with Crippen LogP contribution in [0.4, 0.5) is 5.13 Å². The number of hydrogen-bond acceptors (Lipinski definition) is 5. The van der Waals surface area contributed by atoms with Crippen LogP contribution in [0.25, 0.3) is 0 Å². The zero-order valence-corrected chi connectivity index (χ0v) is 11.5. The Morgan fingerprint density at radius 1 is 1.58 bits per heavy atom. The monoisotopic (exact) mass is 280 g/mol. The molecule has 2 rings (SSSR count). The molecule has 102 valence electrons. The smallest absolute Gasteiger partial charge is 0.308 e. The standard InChI is InChI=1S/C12H16N4O2S/c1-9-10(7-11(17)18)19-12(15-9)14-3-2-5-16-6-4-13-8-16/h4,6,8H,2-3,5,7H2,1H3,(H,14,15)(H,17,18). The first-order valence-electron chi connectivity index (χ1n) is 6.03. The van der Waals surface area contributed by atoms with Crippen molar-refractivity contribution in [1.82, 2.24) is 14.5 Å². The normalized spacial score (nSPS) is 10.6. The summed E-state index contributed by atoms with van der Waals surface area (Å²) >= 11 is 1.41. The molecular formula is C12H16N4O2S. The van der Waals surface area contributed by atoms with Gasteiger partial charge in [0.05, 0.1) is 18.4 Å². The Labute approximate surface area is 115 Å². The van der Waals surface area contributed by atoms with Crippen LogP contribution in [0.15, 0.2) is 18.7 Å². The lowest BCUT2D eigenvalue weighted by atomic mass is 10.3. The van der Waals surface area contributed by atoms with Crippen LogP contribution in [-0.2, 0) is 17.8 Å². The van der Waals surface area contributed by atoms with Gasteiger partial charge in [0.1, 0.15) is 0 Å². The molecular weight excluding hydrogens is 264 g/mol. The highest BCUT2D eigenvalue weighted by molar-refractivity contribution is 7.15. The number of aliphatic carboxylic acids is 1. The SMILES string of the molecule is Cc1nc(NCCCn2ccnc2)sc1CC(=O)O. The Hall–Kier alpha value is -1.89. The van der Waals surface area contributed by atoms with E-state index in [2.05, 4.69) is 15.3 Å². The minimum absolute atomic E-state index is 0.0419. The highest BCUT2D eigenvalue weighted by Gasteiger charge is 2.10. The van der Waals surface area contributed by atoms with Crippen molar-refractivity contribution >= 4 is 22.4 Å². The van der Waals surface area contributed by atoms with Crippen molar-refractivity contribution in [3.8, 4) is 0 Å². The van der Waals surface area contributed by atoms with E-state index in [1.165, 1.54) is 11.3 Å². The second-order valence-corrected chi connectivity index (χ2v) is 5.26. The van der Waals surface area contributed by atoms with Crippen LogP contribution >= 0.6 is 11.3 Å². The predicted octanol–water partition coefficient (Wildman–Crippen LogP) is 1.78.